The van der Waals surface area contributed by atoms with Crippen LogP contribution in [0.4, 0.5) is 0 Å². The zero-order chi connectivity index (χ0) is 11.5. The van der Waals surface area contributed by atoms with Gasteiger partial charge in [-0.15, -0.1) is 0 Å². The Morgan fingerprint density at radius 1 is 1.50 bits per heavy atom. The van der Waals surface area contributed by atoms with Crippen molar-refractivity contribution in [2.75, 3.05) is 0 Å². The molecule has 1 aromatic carbocycles. The monoisotopic (exact) mass is 250 g/mol. The molecule has 2 aromatic rings. The van der Waals surface area contributed by atoms with Gasteiger partial charge in [0.25, 0.3) is 5.19 Å². The third-order valence-corrected chi connectivity index (χ3v) is 3.01. The van der Waals surface area contributed by atoms with Gasteiger partial charge in [0.05, 0.1) is 11.6 Å². The Kier molecular flexibility index (Phi) is 3.09. The molecule has 0 saturated carbocycles. The second-order valence-corrected chi connectivity index (χ2v) is 4.34. The summed E-state index contributed by atoms with van der Waals surface area (Å²) in [6, 6.07) is 7.33. The molecule has 0 radical (unpaired) electrons. The minimum absolute atomic E-state index is 0.411. The first-order valence-electron chi connectivity index (χ1n) is 4.48. The van der Waals surface area contributed by atoms with Crippen LogP contribution in [-0.2, 0) is 0 Å². The van der Waals surface area contributed by atoms with E-state index in [-0.39, 0.29) is 0 Å². The molecule has 0 unspecified atom stereocenters. The summed E-state index contributed by atoms with van der Waals surface area (Å²) in [6.45, 7) is 1.91. The van der Waals surface area contributed by atoms with Crippen molar-refractivity contribution in [3.05, 3.63) is 39.9 Å². The number of benzene rings is 1. The predicted molar refractivity (Wildman–Crippen MR) is 63.1 cm³/mol. The van der Waals surface area contributed by atoms with Crippen molar-refractivity contribution in [3.63, 3.8) is 0 Å². The predicted octanol–water partition coefficient (Wildman–Crippen LogP) is 3.77. The number of halogens is 1. The quantitative estimate of drug-likeness (QED) is 0.815. The number of nitriles is 1. The van der Waals surface area contributed by atoms with Gasteiger partial charge in [-0.05, 0) is 24.6 Å². The molecule has 0 fully saturated rings. The van der Waals surface area contributed by atoms with Crippen LogP contribution in [0.1, 0.15) is 11.1 Å². The fourth-order valence-corrected chi connectivity index (χ4v) is 1.96. The third-order valence-electron chi connectivity index (χ3n) is 1.97. The lowest BCUT2D eigenvalue weighted by Crippen LogP contribution is -1.88. The summed E-state index contributed by atoms with van der Waals surface area (Å²) in [7, 11) is 0. The molecule has 16 heavy (non-hydrogen) atoms. The topological polar surface area (TPSA) is 45.9 Å². The van der Waals surface area contributed by atoms with E-state index >= 15 is 0 Å². The maximum Gasteiger partial charge on any atom is 0.280 e. The molecule has 0 saturated heterocycles. The highest BCUT2D eigenvalue weighted by Gasteiger charge is 2.06. The van der Waals surface area contributed by atoms with Crippen molar-refractivity contribution in [3.8, 4) is 17.0 Å². The molecule has 5 heteroatoms. The first kappa shape index (κ1) is 10.9. The van der Waals surface area contributed by atoms with Crippen molar-refractivity contribution >= 4 is 22.9 Å². The summed E-state index contributed by atoms with van der Waals surface area (Å²) in [4.78, 5) is 3.98. The molecule has 0 bridgehead atoms. The van der Waals surface area contributed by atoms with Crippen molar-refractivity contribution < 1.29 is 4.74 Å². The Morgan fingerprint density at radius 2 is 2.31 bits per heavy atom. The lowest BCUT2D eigenvalue weighted by atomic mass is 10.1. The van der Waals surface area contributed by atoms with Crippen LogP contribution >= 0.6 is 22.9 Å². The highest BCUT2D eigenvalue weighted by atomic mass is 35.5. The van der Waals surface area contributed by atoms with Gasteiger partial charge < -0.3 is 4.74 Å². The van der Waals surface area contributed by atoms with Crippen molar-refractivity contribution in [2.24, 2.45) is 0 Å². The molecule has 0 aliphatic carbocycles. The van der Waals surface area contributed by atoms with Crippen LogP contribution in [0.15, 0.2) is 23.6 Å². The first-order valence-corrected chi connectivity index (χ1v) is 5.74. The molecule has 1 heterocycles. The molecule has 2 rings (SSSR count). The number of ether oxygens (including phenoxy) is 1. The number of aryl methyl sites for hydroxylation is 1. The molecule has 0 atom stereocenters. The Hall–Kier alpha value is -1.57. The van der Waals surface area contributed by atoms with Gasteiger partial charge in [-0.3, -0.25) is 0 Å². The smallest absolute Gasteiger partial charge is 0.280 e. The van der Waals surface area contributed by atoms with Crippen LogP contribution in [0.25, 0.3) is 0 Å². The highest BCUT2D eigenvalue weighted by molar-refractivity contribution is 7.11. The van der Waals surface area contributed by atoms with E-state index in [1.54, 1.807) is 17.5 Å². The van der Waals surface area contributed by atoms with Gasteiger partial charge in [0.2, 0.25) is 0 Å². The van der Waals surface area contributed by atoms with Crippen molar-refractivity contribution in [1.29, 1.82) is 5.26 Å². The molecule has 0 aliphatic rings. The van der Waals surface area contributed by atoms with E-state index in [2.05, 4.69) is 11.1 Å². The van der Waals surface area contributed by atoms with E-state index in [1.807, 2.05) is 13.0 Å². The van der Waals surface area contributed by atoms with Crippen LogP contribution in [0, 0.1) is 18.3 Å². The maximum absolute atomic E-state index is 8.78. The molecule has 0 N–H and O–H groups in total. The van der Waals surface area contributed by atoms with E-state index in [9.17, 15) is 0 Å². The number of hydrogen-bond acceptors (Lipinski definition) is 4. The van der Waals surface area contributed by atoms with Crippen LogP contribution < -0.4 is 4.74 Å². The van der Waals surface area contributed by atoms with Gasteiger partial charge in [0.1, 0.15) is 10.9 Å². The second kappa shape index (κ2) is 4.52. The summed E-state index contributed by atoms with van der Waals surface area (Å²) in [5.74, 6) is 0.630. The first-order chi connectivity index (χ1) is 7.69. The highest BCUT2D eigenvalue weighted by Crippen LogP contribution is 2.29. The van der Waals surface area contributed by atoms with E-state index < -0.39 is 0 Å². The van der Waals surface area contributed by atoms with Crippen LogP contribution in [0.2, 0.25) is 5.15 Å². The number of rotatable bonds is 2. The molecule has 1 aromatic heterocycles. The van der Waals surface area contributed by atoms with Crippen LogP contribution in [0.5, 0.6) is 10.9 Å². The molecule has 80 valence electrons. The third kappa shape index (κ3) is 2.32. The van der Waals surface area contributed by atoms with E-state index in [0.29, 0.717) is 21.7 Å². The molecular formula is C11H7ClN2OS. The molecular weight excluding hydrogens is 244 g/mol. The van der Waals surface area contributed by atoms with Gasteiger partial charge in [0.15, 0.2) is 0 Å². The summed E-state index contributed by atoms with van der Waals surface area (Å²) >= 11 is 7.01. The molecule has 0 aliphatic heterocycles. The van der Waals surface area contributed by atoms with Crippen molar-refractivity contribution in [2.45, 2.75) is 6.92 Å². The lowest BCUT2D eigenvalue weighted by Gasteiger charge is -2.05. The Bertz CT molecular complexity index is 559. The fourth-order valence-electron chi connectivity index (χ4n) is 1.16. The normalized spacial score (nSPS) is 9.81. The average molecular weight is 251 g/mol. The summed E-state index contributed by atoms with van der Waals surface area (Å²) in [5, 5.41) is 11.4. The Balaban J connectivity index is 2.30. The summed E-state index contributed by atoms with van der Waals surface area (Å²) < 4.78 is 5.54. The fraction of sp³-hybridized carbons (Fsp3) is 0.0909. The Labute approximate surface area is 102 Å². The summed E-state index contributed by atoms with van der Waals surface area (Å²) in [5.41, 5.74) is 1.51. The number of aromatic nitrogens is 1. The zero-order valence-corrected chi connectivity index (χ0v) is 9.97. The molecule has 0 spiro atoms. The molecule has 0 amide bonds. The van der Waals surface area contributed by atoms with Gasteiger partial charge in [-0.2, -0.15) is 10.2 Å². The molecule has 3 nitrogen and oxygen atoms in total. The van der Waals surface area contributed by atoms with Gasteiger partial charge in [-0.1, -0.05) is 29.0 Å². The lowest BCUT2D eigenvalue weighted by molar-refractivity contribution is 0.475. The summed E-state index contributed by atoms with van der Waals surface area (Å²) in [6.07, 6.45) is 0. The van der Waals surface area contributed by atoms with E-state index in [0.717, 1.165) is 5.56 Å². The minimum Gasteiger partial charge on any atom is -0.431 e. The number of nitrogens with zero attached hydrogens (tertiary/aromatic N) is 2. The zero-order valence-electron chi connectivity index (χ0n) is 8.40. The van der Waals surface area contributed by atoms with E-state index in [1.165, 1.54) is 11.3 Å². The number of thiazole rings is 1. The van der Waals surface area contributed by atoms with Gasteiger partial charge in [-0.25, -0.2) is 0 Å². The van der Waals surface area contributed by atoms with E-state index in [4.69, 9.17) is 21.6 Å². The maximum atomic E-state index is 8.78. The second-order valence-electron chi connectivity index (χ2n) is 3.13. The average Bonchev–Trinajstić information content (AvgIpc) is 2.67. The SMILES string of the molecule is Cc1ccc(C#N)cc1Oc1nc(Cl)cs1. The largest absolute Gasteiger partial charge is 0.431 e. The Morgan fingerprint density at radius 3 is 2.94 bits per heavy atom. The number of hydrogen-bond donors (Lipinski definition) is 0. The standard InChI is InChI=1S/C11H7ClN2OS/c1-7-2-3-8(5-13)4-9(7)15-11-14-10(12)6-16-11/h2-4,6H,1H3. The van der Waals surface area contributed by atoms with Crippen LogP contribution in [-0.4, -0.2) is 4.98 Å². The van der Waals surface area contributed by atoms with Crippen LogP contribution in [0.3, 0.4) is 0 Å². The van der Waals surface area contributed by atoms with Gasteiger partial charge >= 0.3 is 0 Å². The van der Waals surface area contributed by atoms with Crippen molar-refractivity contribution in [1.82, 2.24) is 4.98 Å². The minimum atomic E-state index is 0.411. The van der Waals surface area contributed by atoms with Gasteiger partial charge in [0, 0.05) is 5.38 Å².